The molecule has 4 nitrogen and oxygen atoms in total. The Kier molecular flexibility index (Phi) is 5.43. The Balaban J connectivity index is 2.45. The van der Waals surface area contributed by atoms with Gasteiger partial charge < -0.3 is 19.3 Å². The summed E-state index contributed by atoms with van der Waals surface area (Å²) in [5.41, 5.74) is 3.61. The van der Waals surface area contributed by atoms with E-state index in [1.807, 2.05) is 6.92 Å². The molecule has 0 radical (unpaired) electrons. The van der Waals surface area contributed by atoms with Crippen molar-refractivity contribution >= 4 is 15.9 Å². The minimum atomic E-state index is -0.622. The third-order valence-corrected chi connectivity index (χ3v) is 4.58. The van der Waals surface area contributed by atoms with E-state index in [1.54, 1.807) is 0 Å². The smallest absolute Gasteiger partial charge is 0.192 e. The van der Waals surface area contributed by atoms with Gasteiger partial charge in [0.25, 0.3) is 0 Å². The van der Waals surface area contributed by atoms with Crippen molar-refractivity contribution in [2.45, 2.75) is 25.8 Å². The highest BCUT2D eigenvalue weighted by atomic mass is 79.9. The second-order valence-electron chi connectivity index (χ2n) is 6.23. The zero-order valence-electron chi connectivity index (χ0n) is 13.6. The summed E-state index contributed by atoms with van der Waals surface area (Å²) in [5, 5.41) is 0. The first kappa shape index (κ1) is 16.9. The van der Waals surface area contributed by atoms with Crippen LogP contribution in [-0.4, -0.2) is 51.2 Å². The first-order valence-electron chi connectivity index (χ1n) is 7.21. The SMILES string of the molecule is CN(C)Cc1cc(C2(C)OCCO2)cc(CN(C)C)c1Br. The van der Waals surface area contributed by atoms with Crippen LogP contribution in [0, 0.1) is 0 Å². The van der Waals surface area contributed by atoms with Crippen molar-refractivity contribution in [1.82, 2.24) is 9.80 Å². The molecule has 118 valence electrons. The summed E-state index contributed by atoms with van der Waals surface area (Å²) in [4.78, 5) is 4.34. The van der Waals surface area contributed by atoms with Gasteiger partial charge in [0.1, 0.15) is 0 Å². The van der Waals surface area contributed by atoms with Gasteiger partial charge in [0, 0.05) is 23.1 Å². The maximum absolute atomic E-state index is 5.82. The molecule has 1 heterocycles. The Hall–Kier alpha value is -0.460. The van der Waals surface area contributed by atoms with Crippen molar-refractivity contribution in [1.29, 1.82) is 0 Å². The van der Waals surface area contributed by atoms with Crippen LogP contribution in [0.1, 0.15) is 23.6 Å². The Labute approximate surface area is 136 Å². The number of nitrogens with zero attached hydrogens (tertiary/aromatic N) is 2. The summed E-state index contributed by atoms with van der Waals surface area (Å²) >= 11 is 3.76. The van der Waals surface area contributed by atoms with Crippen LogP contribution in [0.4, 0.5) is 0 Å². The lowest BCUT2D eigenvalue weighted by Gasteiger charge is -2.26. The molecule has 0 saturated carbocycles. The second-order valence-corrected chi connectivity index (χ2v) is 7.02. The van der Waals surface area contributed by atoms with Crippen molar-refractivity contribution < 1.29 is 9.47 Å². The van der Waals surface area contributed by atoms with Crippen molar-refractivity contribution in [3.63, 3.8) is 0 Å². The van der Waals surface area contributed by atoms with Crippen LogP contribution >= 0.6 is 15.9 Å². The van der Waals surface area contributed by atoms with E-state index in [4.69, 9.17) is 9.47 Å². The molecule has 2 rings (SSSR count). The molecule has 1 fully saturated rings. The normalized spacial score (nSPS) is 17.9. The van der Waals surface area contributed by atoms with Gasteiger partial charge in [-0.3, -0.25) is 0 Å². The fraction of sp³-hybridized carbons (Fsp3) is 0.625. The minimum Gasteiger partial charge on any atom is -0.344 e. The van der Waals surface area contributed by atoms with Crippen LogP contribution in [0.25, 0.3) is 0 Å². The van der Waals surface area contributed by atoms with E-state index < -0.39 is 5.79 Å². The van der Waals surface area contributed by atoms with Crippen molar-refractivity contribution in [3.05, 3.63) is 33.3 Å². The van der Waals surface area contributed by atoms with E-state index in [0.717, 1.165) is 18.7 Å². The molecule has 21 heavy (non-hydrogen) atoms. The van der Waals surface area contributed by atoms with E-state index in [2.05, 4.69) is 66.1 Å². The third kappa shape index (κ3) is 4.05. The van der Waals surface area contributed by atoms with Crippen LogP contribution < -0.4 is 0 Å². The van der Waals surface area contributed by atoms with E-state index in [1.165, 1.54) is 15.6 Å². The Morgan fingerprint density at radius 3 is 1.81 bits per heavy atom. The summed E-state index contributed by atoms with van der Waals surface area (Å²) in [7, 11) is 8.31. The maximum atomic E-state index is 5.82. The first-order valence-corrected chi connectivity index (χ1v) is 8.00. The fourth-order valence-corrected chi connectivity index (χ4v) is 3.08. The van der Waals surface area contributed by atoms with Crippen molar-refractivity contribution in [2.24, 2.45) is 0 Å². The highest BCUT2D eigenvalue weighted by molar-refractivity contribution is 9.10. The van der Waals surface area contributed by atoms with Crippen LogP contribution in [0.5, 0.6) is 0 Å². The lowest BCUT2D eigenvalue weighted by Crippen LogP contribution is -2.24. The van der Waals surface area contributed by atoms with Gasteiger partial charge in [-0.05, 0) is 58.4 Å². The summed E-state index contributed by atoms with van der Waals surface area (Å²) in [6.45, 7) is 5.06. The summed E-state index contributed by atoms with van der Waals surface area (Å²) < 4.78 is 12.8. The topological polar surface area (TPSA) is 24.9 Å². The molecule has 0 N–H and O–H groups in total. The number of halogens is 1. The molecule has 1 aliphatic rings. The predicted molar refractivity (Wildman–Crippen MR) is 88.2 cm³/mol. The monoisotopic (exact) mass is 356 g/mol. The van der Waals surface area contributed by atoms with E-state index in [-0.39, 0.29) is 0 Å². The summed E-state index contributed by atoms with van der Waals surface area (Å²) in [6, 6.07) is 4.38. The number of hydrogen-bond donors (Lipinski definition) is 0. The molecule has 1 aromatic rings. The first-order chi connectivity index (χ1) is 9.82. The maximum Gasteiger partial charge on any atom is 0.192 e. The standard InChI is InChI=1S/C16H25BrN2O2/c1-16(20-6-7-21-16)14-8-12(10-18(2)3)15(17)13(9-14)11-19(4)5/h8-9H,6-7,10-11H2,1-5H3. The van der Waals surface area contributed by atoms with Crippen LogP contribution in [0.15, 0.2) is 16.6 Å². The van der Waals surface area contributed by atoms with Crippen molar-refractivity contribution in [3.8, 4) is 0 Å². The van der Waals surface area contributed by atoms with Gasteiger partial charge in [-0.25, -0.2) is 0 Å². The Morgan fingerprint density at radius 1 is 1.00 bits per heavy atom. The number of rotatable bonds is 5. The second kappa shape index (κ2) is 6.75. The van der Waals surface area contributed by atoms with Gasteiger partial charge in [0.05, 0.1) is 13.2 Å². The molecule has 0 aliphatic carbocycles. The molecule has 1 saturated heterocycles. The van der Waals surface area contributed by atoms with E-state index in [9.17, 15) is 0 Å². The average molecular weight is 357 g/mol. The number of hydrogen-bond acceptors (Lipinski definition) is 4. The van der Waals surface area contributed by atoms with Crippen LogP contribution in [-0.2, 0) is 28.4 Å². The van der Waals surface area contributed by atoms with Gasteiger partial charge in [-0.1, -0.05) is 15.9 Å². The largest absolute Gasteiger partial charge is 0.344 e. The molecule has 0 spiro atoms. The molecular weight excluding hydrogens is 332 g/mol. The van der Waals surface area contributed by atoms with Crippen molar-refractivity contribution in [2.75, 3.05) is 41.4 Å². The molecule has 0 bridgehead atoms. The fourth-order valence-electron chi connectivity index (χ4n) is 2.60. The molecule has 0 amide bonds. The lowest BCUT2D eigenvalue weighted by molar-refractivity contribution is -0.149. The minimum absolute atomic E-state index is 0.622. The number of benzene rings is 1. The van der Waals surface area contributed by atoms with Gasteiger partial charge in [0.2, 0.25) is 0 Å². The summed E-state index contributed by atoms with van der Waals surface area (Å²) in [5.74, 6) is -0.622. The quantitative estimate of drug-likeness (QED) is 0.809. The molecule has 0 aromatic heterocycles. The van der Waals surface area contributed by atoms with E-state index >= 15 is 0 Å². The zero-order chi connectivity index (χ0) is 15.6. The zero-order valence-corrected chi connectivity index (χ0v) is 15.2. The van der Waals surface area contributed by atoms with Crippen LogP contribution in [0.2, 0.25) is 0 Å². The predicted octanol–water partition coefficient (Wildman–Crippen LogP) is 2.79. The van der Waals surface area contributed by atoms with Gasteiger partial charge in [0.15, 0.2) is 5.79 Å². The van der Waals surface area contributed by atoms with Gasteiger partial charge in [-0.15, -0.1) is 0 Å². The molecule has 0 unspecified atom stereocenters. The molecular formula is C16H25BrN2O2. The third-order valence-electron chi connectivity index (χ3n) is 3.56. The average Bonchev–Trinajstić information content (AvgIpc) is 2.81. The van der Waals surface area contributed by atoms with Crippen LogP contribution in [0.3, 0.4) is 0 Å². The Morgan fingerprint density at radius 2 is 1.43 bits per heavy atom. The molecule has 0 atom stereocenters. The number of ether oxygens (including phenoxy) is 2. The Bertz CT molecular complexity index is 466. The summed E-state index contributed by atoms with van der Waals surface area (Å²) in [6.07, 6.45) is 0. The van der Waals surface area contributed by atoms with Gasteiger partial charge >= 0.3 is 0 Å². The van der Waals surface area contributed by atoms with E-state index in [0.29, 0.717) is 13.2 Å². The molecule has 1 aromatic carbocycles. The molecule has 1 aliphatic heterocycles. The molecule has 5 heteroatoms. The van der Waals surface area contributed by atoms with Gasteiger partial charge in [-0.2, -0.15) is 0 Å². The highest BCUT2D eigenvalue weighted by Gasteiger charge is 2.34. The highest BCUT2D eigenvalue weighted by Crippen LogP contribution is 2.35. The lowest BCUT2D eigenvalue weighted by atomic mass is 9.99.